The molecule has 1 aromatic rings. The number of ether oxygens (including phenoxy) is 1. The van der Waals surface area contributed by atoms with Gasteiger partial charge in [0.1, 0.15) is 11.6 Å². The van der Waals surface area contributed by atoms with Crippen LogP contribution in [0.15, 0.2) is 24.3 Å². The van der Waals surface area contributed by atoms with Gasteiger partial charge >= 0.3 is 0 Å². The van der Waals surface area contributed by atoms with Crippen molar-refractivity contribution in [1.29, 1.82) is 0 Å². The van der Waals surface area contributed by atoms with Crippen molar-refractivity contribution in [3.05, 3.63) is 30.1 Å². The van der Waals surface area contributed by atoms with Gasteiger partial charge in [-0.15, -0.1) is 0 Å². The Morgan fingerprint density at radius 3 is 2.44 bits per heavy atom. The molecule has 0 aliphatic carbocycles. The monoisotopic (exact) mass is 225 g/mol. The molecule has 2 nitrogen and oxygen atoms in total. The molecular formula is C13H20FNO. The fourth-order valence-corrected chi connectivity index (χ4v) is 1.72. The number of benzene rings is 1. The third-order valence-electron chi connectivity index (χ3n) is 2.39. The SMILES string of the molecule is CCNC(C)CC(C)Oc1ccc(F)cc1. The van der Waals surface area contributed by atoms with Crippen molar-refractivity contribution in [2.45, 2.75) is 39.3 Å². The molecule has 2 atom stereocenters. The zero-order chi connectivity index (χ0) is 12.0. The molecule has 0 aliphatic rings. The minimum Gasteiger partial charge on any atom is -0.491 e. The summed E-state index contributed by atoms with van der Waals surface area (Å²) in [5.74, 6) is 0.485. The van der Waals surface area contributed by atoms with Crippen molar-refractivity contribution in [3.63, 3.8) is 0 Å². The van der Waals surface area contributed by atoms with Crippen LogP contribution in [0.25, 0.3) is 0 Å². The molecule has 0 fully saturated rings. The molecule has 0 amide bonds. The van der Waals surface area contributed by atoms with Crippen molar-refractivity contribution < 1.29 is 9.13 Å². The zero-order valence-electron chi connectivity index (χ0n) is 10.2. The second-order valence-electron chi connectivity index (χ2n) is 4.08. The van der Waals surface area contributed by atoms with E-state index in [1.807, 2.05) is 6.92 Å². The maximum absolute atomic E-state index is 12.7. The van der Waals surface area contributed by atoms with E-state index < -0.39 is 0 Å². The maximum Gasteiger partial charge on any atom is 0.123 e. The minimum absolute atomic E-state index is 0.125. The quantitative estimate of drug-likeness (QED) is 0.803. The third kappa shape index (κ3) is 4.62. The van der Waals surface area contributed by atoms with Crippen LogP contribution in [-0.2, 0) is 0 Å². The van der Waals surface area contributed by atoms with Crippen molar-refractivity contribution >= 4 is 0 Å². The number of hydrogen-bond acceptors (Lipinski definition) is 2. The predicted molar refractivity (Wildman–Crippen MR) is 64.2 cm³/mol. The summed E-state index contributed by atoms with van der Waals surface area (Å²) in [6, 6.07) is 6.57. The molecule has 0 heterocycles. The van der Waals surface area contributed by atoms with E-state index in [0.717, 1.165) is 18.7 Å². The van der Waals surface area contributed by atoms with Crippen LogP contribution in [0.3, 0.4) is 0 Å². The highest BCUT2D eigenvalue weighted by Gasteiger charge is 2.09. The van der Waals surface area contributed by atoms with E-state index in [2.05, 4.69) is 19.2 Å². The van der Waals surface area contributed by atoms with Gasteiger partial charge in [0.25, 0.3) is 0 Å². The Bertz CT molecular complexity index is 299. The van der Waals surface area contributed by atoms with Crippen LogP contribution in [-0.4, -0.2) is 18.7 Å². The van der Waals surface area contributed by atoms with Gasteiger partial charge in [-0.1, -0.05) is 6.92 Å². The lowest BCUT2D eigenvalue weighted by atomic mass is 10.1. The normalized spacial score (nSPS) is 14.5. The predicted octanol–water partition coefficient (Wildman–Crippen LogP) is 2.98. The zero-order valence-corrected chi connectivity index (χ0v) is 10.2. The molecule has 0 aliphatic heterocycles. The van der Waals surface area contributed by atoms with Crippen molar-refractivity contribution in [3.8, 4) is 5.75 Å². The summed E-state index contributed by atoms with van der Waals surface area (Å²) in [7, 11) is 0. The lowest BCUT2D eigenvalue weighted by Crippen LogP contribution is -2.30. The van der Waals surface area contributed by atoms with Crippen molar-refractivity contribution in [2.24, 2.45) is 0 Å². The maximum atomic E-state index is 12.7. The number of nitrogens with one attached hydrogen (secondary N) is 1. The fourth-order valence-electron chi connectivity index (χ4n) is 1.72. The molecular weight excluding hydrogens is 205 g/mol. The lowest BCUT2D eigenvalue weighted by molar-refractivity contribution is 0.196. The van der Waals surface area contributed by atoms with E-state index in [4.69, 9.17) is 4.74 Å². The van der Waals surface area contributed by atoms with Crippen LogP contribution in [0, 0.1) is 5.82 Å². The minimum atomic E-state index is -0.235. The van der Waals surface area contributed by atoms with Gasteiger partial charge in [0, 0.05) is 6.04 Å². The molecule has 2 unspecified atom stereocenters. The van der Waals surface area contributed by atoms with Gasteiger partial charge in [0.2, 0.25) is 0 Å². The largest absolute Gasteiger partial charge is 0.491 e. The first-order chi connectivity index (χ1) is 7.61. The Morgan fingerprint density at radius 2 is 1.88 bits per heavy atom. The highest BCUT2D eigenvalue weighted by molar-refractivity contribution is 5.22. The molecule has 1 aromatic carbocycles. The smallest absolute Gasteiger partial charge is 0.123 e. The van der Waals surface area contributed by atoms with E-state index in [1.54, 1.807) is 12.1 Å². The molecule has 3 heteroatoms. The Hall–Kier alpha value is -1.09. The Morgan fingerprint density at radius 1 is 1.25 bits per heavy atom. The van der Waals surface area contributed by atoms with Crippen LogP contribution >= 0.6 is 0 Å². The number of hydrogen-bond donors (Lipinski definition) is 1. The second kappa shape index (κ2) is 6.48. The summed E-state index contributed by atoms with van der Waals surface area (Å²) in [6.45, 7) is 7.21. The fraction of sp³-hybridized carbons (Fsp3) is 0.538. The van der Waals surface area contributed by atoms with Crippen molar-refractivity contribution in [1.82, 2.24) is 5.32 Å². The van der Waals surface area contributed by atoms with Crippen LogP contribution in [0.4, 0.5) is 4.39 Å². The summed E-state index contributed by atoms with van der Waals surface area (Å²) < 4.78 is 18.3. The van der Waals surface area contributed by atoms with Crippen LogP contribution in [0.1, 0.15) is 27.2 Å². The first-order valence-electron chi connectivity index (χ1n) is 5.77. The summed E-state index contributed by atoms with van der Waals surface area (Å²) in [5.41, 5.74) is 0. The summed E-state index contributed by atoms with van der Waals surface area (Å²) in [6.07, 6.45) is 1.06. The van der Waals surface area contributed by atoms with E-state index in [-0.39, 0.29) is 11.9 Å². The Labute approximate surface area is 96.8 Å². The van der Waals surface area contributed by atoms with Gasteiger partial charge < -0.3 is 10.1 Å². The summed E-state index contributed by atoms with van der Waals surface area (Å²) >= 11 is 0. The van der Waals surface area contributed by atoms with Gasteiger partial charge in [-0.2, -0.15) is 0 Å². The van der Waals surface area contributed by atoms with Crippen LogP contribution in [0.5, 0.6) is 5.75 Å². The molecule has 0 spiro atoms. The molecule has 0 aromatic heterocycles. The molecule has 0 bridgehead atoms. The standard InChI is InChI=1S/C13H20FNO/c1-4-15-10(2)9-11(3)16-13-7-5-12(14)6-8-13/h5-8,10-11,15H,4,9H2,1-3H3. The molecule has 90 valence electrons. The topological polar surface area (TPSA) is 21.3 Å². The van der Waals surface area contributed by atoms with Gasteiger partial charge in [-0.25, -0.2) is 4.39 Å². The average Bonchev–Trinajstić information content (AvgIpc) is 2.21. The third-order valence-corrected chi connectivity index (χ3v) is 2.39. The van der Waals surface area contributed by atoms with Gasteiger partial charge in [0.15, 0.2) is 0 Å². The van der Waals surface area contributed by atoms with Crippen LogP contribution in [0.2, 0.25) is 0 Å². The average molecular weight is 225 g/mol. The number of halogens is 1. The molecule has 0 radical (unpaired) electrons. The highest BCUT2D eigenvalue weighted by atomic mass is 19.1. The van der Waals surface area contributed by atoms with E-state index in [0.29, 0.717) is 6.04 Å². The van der Waals surface area contributed by atoms with Gasteiger partial charge in [-0.05, 0) is 51.1 Å². The highest BCUT2D eigenvalue weighted by Crippen LogP contribution is 2.14. The summed E-state index contributed by atoms with van der Waals surface area (Å²) in [4.78, 5) is 0. The lowest BCUT2D eigenvalue weighted by Gasteiger charge is -2.19. The molecule has 1 N–H and O–H groups in total. The Kier molecular flexibility index (Phi) is 5.26. The molecule has 0 saturated carbocycles. The molecule has 0 saturated heterocycles. The molecule has 16 heavy (non-hydrogen) atoms. The van der Waals surface area contributed by atoms with E-state index in [9.17, 15) is 4.39 Å². The first kappa shape index (κ1) is 13.0. The second-order valence-corrected chi connectivity index (χ2v) is 4.08. The number of rotatable bonds is 6. The van der Waals surface area contributed by atoms with Crippen LogP contribution < -0.4 is 10.1 Å². The molecule has 1 rings (SSSR count). The Balaban J connectivity index is 2.39. The van der Waals surface area contributed by atoms with Gasteiger partial charge in [-0.3, -0.25) is 0 Å². The van der Waals surface area contributed by atoms with Gasteiger partial charge in [0.05, 0.1) is 6.10 Å². The van der Waals surface area contributed by atoms with Crippen molar-refractivity contribution in [2.75, 3.05) is 6.54 Å². The summed E-state index contributed by atoms with van der Waals surface area (Å²) in [5, 5.41) is 3.33. The first-order valence-corrected chi connectivity index (χ1v) is 5.77. The van der Waals surface area contributed by atoms with E-state index >= 15 is 0 Å². The van der Waals surface area contributed by atoms with E-state index in [1.165, 1.54) is 12.1 Å².